The standard InChI is InChI=1S/C14H16F2N2O3S/c15-14(16)22(20,21)12-4-2-1-3-11(12)17-9-7-13(19)18(8-9)10-5-6-10/h1-4,9-10,14,17H,5-8H2. The van der Waals surface area contributed by atoms with E-state index in [4.69, 9.17) is 0 Å². The van der Waals surface area contributed by atoms with Crippen molar-refractivity contribution in [2.45, 2.75) is 42.0 Å². The average Bonchev–Trinajstić information content (AvgIpc) is 3.23. The number of amides is 1. The third-order valence-corrected chi connectivity index (χ3v) is 5.37. The van der Waals surface area contributed by atoms with E-state index in [2.05, 4.69) is 5.32 Å². The Morgan fingerprint density at radius 3 is 2.55 bits per heavy atom. The van der Waals surface area contributed by atoms with E-state index in [0.29, 0.717) is 12.6 Å². The van der Waals surface area contributed by atoms with E-state index in [-0.39, 0.29) is 24.1 Å². The molecule has 2 fully saturated rings. The number of para-hydroxylation sites is 1. The molecule has 0 radical (unpaired) electrons. The fraction of sp³-hybridized carbons (Fsp3) is 0.500. The molecular formula is C14H16F2N2O3S. The molecule has 2 aliphatic rings. The number of alkyl halides is 2. The Bertz CT molecular complexity index is 689. The van der Waals surface area contributed by atoms with E-state index >= 15 is 0 Å². The first-order chi connectivity index (χ1) is 10.4. The number of nitrogens with zero attached hydrogens (tertiary/aromatic N) is 1. The van der Waals surface area contributed by atoms with Crippen molar-refractivity contribution in [1.82, 2.24) is 4.90 Å². The van der Waals surface area contributed by atoms with Crippen molar-refractivity contribution in [3.8, 4) is 0 Å². The van der Waals surface area contributed by atoms with Crippen LogP contribution in [0.5, 0.6) is 0 Å². The van der Waals surface area contributed by atoms with Crippen molar-refractivity contribution in [1.29, 1.82) is 0 Å². The van der Waals surface area contributed by atoms with Gasteiger partial charge < -0.3 is 10.2 Å². The molecule has 5 nitrogen and oxygen atoms in total. The molecule has 1 aromatic carbocycles. The first kappa shape index (κ1) is 15.2. The molecule has 120 valence electrons. The van der Waals surface area contributed by atoms with Crippen LogP contribution in [-0.2, 0) is 14.6 Å². The molecule has 1 aliphatic heterocycles. The minimum absolute atomic E-state index is 0.0224. The van der Waals surface area contributed by atoms with Crippen LogP contribution in [0.1, 0.15) is 19.3 Å². The van der Waals surface area contributed by atoms with Crippen LogP contribution in [0.2, 0.25) is 0 Å². The normalized spacial score (nSPS) is 22.4. The zero-order valence-electron chi connectivity index (χ0n) is 11.7. The molecule has 1 unspecified atom stereocenters. The molecule has 0 aromatic heterocycles. The molecule has 1 atom stereocenters. The highest BCUT2D eigenvalue weighted by atomic mass is 32.2. The second-order valence-corrected chi connectivity index (χ2v) is 7.51. The van der Waals surface area contributed by atoms with Crippen LogP contribution in [0.25, 0.3) is 0 Å². The van der Waals surface area contributed by atoms with Gasteiger partial charge in [-0.15, -0.1) is 0 Å². The Labute approximate surface area is 127 Å². The number of likely N-dealkylation sites (tertiary alicyclic amines) is 1. The van der Waals surface area contributed by atoms with Gasteiger partial charge in [0, 0.05) is 19.0 Å². The van der Waals surface area contributed by atoms with Gasteiger partial charge in [0.05, 0.1) is 16.6 Å². The monoisotopic (exact) mass is 330 g/mol. The summed E-state index contributed by atoms with van der Waals surface area (Å²) < 4.78 is 48.9. The number of carbonyl (C=O) groups excluding carboxylic acids is 1. The van der Waals surface area contributed by atoms with E-state index in [1.807, 2.05) is 0 Å². The number of anilines is 1. The zero-order valence-corrected chi connectivity index (χ0v) is 12.5. The van der Waals surface area contributed by atoms with E-state index in [1.165, 1.54) is 12.1 Å². The number of rotatable bonds is 5. The van der Waals surface area contributed by atoms with Crippen LogP contribution in [-0.4, -0.2) is 43.6 Å². The molecule has 0 bridgehead atoms. The smallest absolute Gasteiger partial charge is 0.341 e. The lowest BCUT2D eigenvalue weighted by Crippen LogP contribution is -2.30. The summed E-state index contributed by atoms with van der Waals surface area (Å²) in [5.41, 5.74) is 0.123. The first-order valence-corrected chi connectivity index (χ1v) is 8.61. The Morgan fingerprint density at radius 2 is 1.91 bits per heavy atom. The molecule has 1 aromatic rings. The van der Waals surface area contributed by atoms with Crippen LogP contribution < -0.4 is 5.32 Å². The maximum Gasteiger partial charge on any atom is 0.341 e. The van der Waals surface area contributed by atoms with Gasteiger partial charge >= 0.3 is 5.76 Å². The molecule has 1 saturated heterocycles. The van der Waals surface area contributed by atoms with Crippen LogP contribution in [0.3, 0.4) is 0 Å². The Kier molecular flexibility index (Phi) is 3.80. The number of nitrogens with one attached hydrogen (secondary N) is 1. The van der Waals surface area contributed by atoms with Gasteiger partial charge in [-0.2, -0.15) is 8.78 Å². The summed E-state index contributed by atoms with van der Waals surface area (Å²) in [5.74, 6) is -3.45. The molecule has 1 saturated carbocycles. The molecule has 1 aliphatic carbocycles. The molecule has 0 spiro atoms. The fourth-order valence-corrected chi connectivity index (χ4v) is 3.61. The molecule has 8 heteroatoms. The second kappa shape index (κ2) is 5.49. The summed E-state index contributed by atoms with van der Waals surface area (Å²) in [6, 6.07) is 5.60. The van der Waals surface area contributed by atoms with Crippen molar-refractivity contribution < 1.29 is 22.0 Å². The maximum atomic E-state index is 12.8. The van der Waals surface area contributed by atoms with Crippen molar-refractivity contribution in [2.75, 3.05) is 11.9 Å². The third-order valence-electron chi connectivity index (χ3n) is 3.93. The van der Waals surface area contributed by atoms with E-state index in [0.717, 1.165) is 18.9 Å². The van der Waals surface area contributed by atoms with Gasteiger partial charge in [-0.1, -0.05) is 12.1 Å². The van der Waals surface area contributed by atoms with Crippen molar-refractivity contribution >= 4 is 21.4 Å². The first-order valence-electron chi connectivity index (χ1n) is 7.06. The Balaban J connectivity index is 1.80. The third kappa shape index (κ3) is 2.79. The molecule has 3 rings (SSSR count). The molecular weight excluding hydrogens is 314 g/mol. The summed E-state index contributed by atoms with van der Waals surface area (Å²) in [4.78, 5) is 13.2. The van der Waals surface area contributed by atoms with Gasteiger partial charge in [0.25, 0.3) is 0 Å². The second-order valence-electron chi connectivity index (χ2n) is 5.62. The maximum absolute atomic E-state index is 12.8. The Hall–Kier alpha value is -1.70. The molecule has 1 amide bonds. The highest BCUT2D eigenvalue weighted by Gasteiger charge is 2.39. The average molecular weight is 330 g/mol. The number of hydrogen-bond donors (Lipinski definition) is 1. The summed E-state index contributed by atoms with van der Waals surface area (Å²) in [6.07, 6.45) is 2.24. The summed E-state index contributed by atoms with van der Waals surface area (Å²) in [7, 11) is -4.67. The fourth-order valence-electron chi connectivity index (χ4n) is 2.72. The predicted octanol–water partition coefficient (Wildman–Crippen LogP) is 1.86. The Morgan fingerprint density at radius 1 is 1.23 bits per heavy atom. The highest BCUT2D eigenvalue weighted by Crippen LogP contribution is 2.33. The number of halogens is 2. The summed E-state index contributed by atoms with van der Waals surface area (Å²) >= 11 is 0. The van der Waals surface area contributed by atoms with Crippen LogP contribution in [0.15, 0.2) is 29.2 Å². The van der Waals surface area contributed by atoms with Crippen LogP contribution in [0, 0.1) is 0 Å². The van der Waals surface area contributed by atoms with E-state index < -0.39 is 20.5 Å². The topological polar surface area (TPSA) is 66.5 Å². The lowest BCUT2D eigenvalue weighted by molar-refractivity contribution is -0.128. The number of sulfone groups is 1. The minimum Gasteiger partial charge on any atom is -0.379 e. The zero-order chi connectivity index (χ0) is 15.9. The van der Waals surface area contributed by atoms with Crippen molar-refractivity contribution in [2.24, 2.45) is 0 Å². The van der Waals surface area contributed by atoms with Gasteiger partial charge in [0.1, 0.15) is 0 Å². The lowest BCUT2D eigenvalue weighted by Gasteiger charge is -2.18. The van der Waals surface area contributed by atoms with Gasteiger partial charge in [-0.25, -0.2) is 8.42 Å². The van der Waals surface area contributed by atoms with Gasteiger partial charge in [0.2, 0.25) is 15.7 Å². The number of hydrogen-bond acceptors (Lipinski definition) is 4. The van der Waals surface area contributed by atoms with Crippen LogP contribution >= 0.6 is 0 Å². The molecule has 1 heterocycles. The predicted molar refractivity (Wildman–Crippen MR) is 76.4 cm³/mol. The van der Waals surface area contributed by atoms with Gasteiger partial charge in [-0.3, -0.25) is 4.79 Å². The van der Waals surface area contributed by atoms with Crippen molar-refractivity contribution in [3.05, 3.63) is 24.3 Å². The minimum atomic E-state index is -4.67. The largest absolute Gasteiger partial charge is 0.379 e. The van der Waals surface area contributed by atoms with Gasteiger partial charge in [-0.05, 0) is 25.0 Å². The summed E-state index contributed by atoms with van der Waals surface area (Å²) in [6.45, 7) is 0.479. The van der Waals surface area contributed by atoms with Gasteiger partial charge in [0.15, 0.2) is 0 Å². The quantitative estimate of drug-likeness (QED) is 0.895. The SMILES string of the molecule is O=C1CC(Nc2ccccc2S(=O)(=O)C(F)F)CN1C1CC1. The van der Waals surface area contributed by atoms with Crippen LogP contribution in [0.4, 0.5) is 14.5 Å². The van der Waals surface area contributed by atoms with E-state index in [9.17, 15) is 22.0 Å². The lowest BCUT2D eigenvalue weighted by atomic mass is 10.2. The van der Waals surface area contributed by atoms with E-state index in [1.54, 1.807) is 11.0 Å². The summed E-state index contributed by atoms with van der Waals surface area (Å²) in [5, 5.41) is 2.94. The molecule has 22 heavy (non-hydrogen) atoms. The number of carbonyl (C=O) groups is 1. The number of benzene rings is 1. The molecule has 1 N–H and O–H groups in total. The van der Waals surface area contributed by atoms with Crippen molar-refractivity contribution in [3.63, 3.8) is 0 Å². The highest BCUT2D eigenvalue weighted by molar-refractivity contribution is 7.91.